The molecule has 0 saturated heterocycles. The number of benzene rings is 4. The molecule has 0 aliphatic carbocycles. The fraction of sp³-hybridized carbons (Fsp3) is 0.188. The Hall–Kier alpha value is -4.98. The molecular formula is C32H30N2O6. The maximum Gasteiger partial charge on any atom is 0.307 e. The molecule has 40 heavy (non-hydrogen) atoms. The lowest BCUT2D eigenvalue weighted by atomic mass is 10.1. The molecule has 0 bridgehead atoms. The number of hydrogen-bond donors (Lipinski definition) is 2. The van der Waals surface area contributed by atoms with Crippen molar-refractivity contribution in [3.8, 4) is 17.2 Å². The number of carbonyl (C=O) groups is 2. The summed E-state index contributed by atoms with van der Waals surface area (Å²) >= 11 is 0. The Morgan fingerprint density at radius 1 is 0.900 bits per heavy atom. The van der Waals surface area contributed by atoms with Crippen LogP contribution in [0.2, 0.25) is 0 Å². The quantitative estimate of drug-likeness (QED) is 0.278. The Morgan fingerprint density at radius 3 is 2.38 bits per heavy atom. The number of carbonyl (C=O) groups excluding carboxylic acids is 1. The smallest absolute Gasteiger partial charge is 0.307 e. The fourth-order valence-corrected chi connectivity index (χ4v) is 4.55. The van der Waals surface area contributed by atoms with E-state index in [1.54, 1.807) is 42.5 Å². The van der Waals surface area contributed by atoms with E-state index < -0.39 is 5.97 Å². The Morgan fingerprint density at radius 2 is 1.60 bits per heavy atom. The molecule has 4 aromatic rings. The standard InChI is InChI=1S/C32H30N2O6/c1-34-19-28(40-30-10-6-5-9-29(30)34)21-39-27-13-11-24(12-14-27)32(37)33-25-16-22(18-31(35)36)15-23(17-25)20-38-26-7-3-2-4-8-26/h2-17,28H,18-21H2,1H3,(H,33,37)(H,35,36)/t28-/m0/s1. The third kappa shape index (κ3) is 6.91. The number of fused-ring (bicyclic) bond motifs is 1. The average molecular weight is 539 g/mol. The van der Waals surface area contributed by atoms with Gasteiger partial charge in [0, 0.05) is 18.3 Å². The number of carboxylic acid groups (broad SMARTS) is 1. The molecule has 1 amide bonds. The molecule has 8 heteroatoms. The summed E-state index contributed by atoms with van der Waals surface area (Å²) in [6.45, 7) is 1.31. The zero-order valence-corrected chi connectivity index (χ0v) is 22.1. The molecule has 1 aliphatic heterocycles. The predicted octanol–water partition coefficient (Wildman–Crippen LogP) is 5.42. The first-order valence-corrected chi connectivity index (χ1v) is 13.0. The first kappa shape index (κ1) is 26.6. The maximum absolute atomic E-state index is 13.0. The Bertz CT molecular complexity index is 1470. The lowest BCUT2D eigenvalue weighted by Gasteiger charge is -2.33. The minimum absolute atomic E-state index is 0.124. The Labute approximate surface area is 232 Å². The first-order valence-electron chi connectivity index (χ1n) is 13.0. The molecule has 2 N–H and O–H groups in total. The van der Waals surface area contributed by atoms with Gasteiger partial charge in [-0.3, -0.25) is 9.59 Å². The second-order valence-corrected chi connectivity index (χ2v) is 9.59. The number of hydrogen-bond acceptors (Lipinski definition) is 6. The molecule has 1 aliphatic rings. The molecule has 0 fully saturated rings. The van der Waals surface area contributed by atoms with E-state index in [4.69, 9.17) is 14.2 Å². The van der Waals surface area contributed by atoms with Crippen LogP contribution in [0.15, 0.2) is 97.1 Å². The molecule has 5 rings (SSSR count). The van der Waals surface area contributed by atoms with Gasteiger partial charge in [0.25, 0.3) is 5.91 Å². The second-order valence-electron chi connectivity index (χ2n) is 9.59. The number of aliphatic carboxylic acids is 1. The maximum atomic E-state index is 13.0. The topological polar surface area (TPSA) is 97.3 Å². The molecule has 204 valence electrons. The van der Waals surface area contributed by atoms with Crippen molar-refractivity contribution in [2.24, 2.45) is 0 Å². The predicted molar refractivity (Wildman–Crippen MR) is 153 cm³/mol. The summed E-state index contributed by atoms with van der Waals surface area (Å²) in [5.41, 5.74) is 3.31. The molecule has 4 aromatic carbocycles. The number of ether oxygens (including phenoxy) is 3. The number of amides is 1. The number of nitrogens with zero attached hydrogens (tertiary/aromatic N) is 1. The highest BCUT2D eigenvalue weighted by molar-refractivity contribution is 6.04. The zero-order chi connectivity index (χ0) is 27.9. The fourth-order valence-electron chi connectivity index (χ4n) is 4.55. The van der Waals surface area contributed by atoms with Gasteiger partial charge in [0.05, 0.1) is 18.7 Å². The van der Waals surface area contributed by atoms with Gasteiger partial charge in [-0.25, -0.2) is 0 Å². The third-order valence-corrected chi connectivity index (χ3v) is 6.41. The normalized spacial score (nSPS) is 14.0. The van der Waals surface area contributed by atoms with Crippen molar-refractivity contribution in [1.29, 1.82) is 0 Å². The van der Waals surface area contributed by atoms with Crippen LogP contribution in [0.25, 0.3) is 0 Å². The molecule has 0 spiro atoms. The summed E-state index contributed by atoms with van der Waals surface area (Å²) < 4.78 is 17.8. The van der Waals surface area contributed by atoms with E-state index in [-0.39, 0.29) is 25.0 Å². The van der Waals surface area contributed by atoms with Gasteiger partial charge in [-0.15, -0.1) is 0 Å². The van der Waals surface area contributed by atoms with Gasteiger partial charge in [-0.05, 0) is 71.8 Å². The molecule has 8 nitrogen and oxygen atoms in total. The monoisotopic (exact) mass is 538 g/mol. The number of rotatable bonds is 10. The summed E-state index contributed by atoms with van der Waals surface area (Å²) in [6, 6.07) is 29.3. The number of likely N-dealkylation sites (N-methyl/N-ethyl adjacent to an activating group) is 1. The van der Waals surface area contributed by atoms with E-state index in [1.807, 2.05) is 61.6 Å². The van der Waals surface area contributed by atoms with Crippen molar-refractivity contribution in [3.63, 3.8) is 0 Å². The van der Waals surface area contributed by atoms with Crippen molar-refractivity contribution in [1.82, 2.24) is 0 Å². The Balaban J connectivity index is 1.20. The molecular weight excluding hydrogens is 508 g/mol. The summed E-state index contributed by atoms with van der Waals surface area (Å²) in [6.07, 6.45) is -0.291. The van der Waals surface area contributed by atoms with Crippen LogP contribution in [0.3, 0.4) is 0 Å². The summed E-state index contributed by atoms with van der Waals surface area (Å²) in [4.78, 5) is 26.5. The highest BCUT2D eigenvalue weighted by Gasteiger charge is 2.23. The number of para-hydroxylation sites is 3. The lowest BCUT2D eigenvalue weighted by molar-refractivity contribution is -0.136. The molecule has 0 aromatic heterocycles. The van der Waals surface area contributed by atoms with Crippen LogP contribution in [0.4, 0.5) is 11.4 Å². The molecule has 0 radical (unpaired) electrons. The van der Waals surface area contributed by atoms with Crippen molar-refractivity contribution < 1.29 is 28.9 Å². The van der Waals surface area contributed by atoms with Crippen LogP contribution in [0.1, 0.15) is 21.5 Å². The first-order chi connectivity index (χ1) is 19.4. The van der Waals surface area contributed by atoms with Gasteiger partial charge < -0.3 is 29.5 Å². The minimum atomic E-state index is -0.955. The summed E-state index contributed by atoms with van der Waals surface area (Å²) in [7, 11) is 2.03. The van der Waals surface area contributed by atoms with Gasteiger partial charge in [0.15, 0.2) is 0 Å². The molecule has 1 heterocycles. The third-order valence-electron chi connectivity index (χ3n) is 6.41. The van der Waals surface area contributed by atoms with Gasteiger partial charge in [0.2, 0.25) is 0 Å². The van der Waals surface area contributed by atoms with Gasteiger partial charge in [-0.2, -0.15) is 0 Å². The van der Waals surface area contributed by atoms with E-state index in [1.165, 1.54) is 0 Å². The van der Waals surface area contributed by atoms with Crippen molar-refractivity contribution >= 4 is 23.3 Å². The highest BCUT2D eigenvalue weighted by Crippen LogP contribution is 2.32. The van der Waals surface area contributed by atoms with Crippen LogP contribution in [0.5, 0.6) is 17.2 Å². The lowest BCUT2D eigenvalue weighted by Crippen LogP contribution is -2.41. The molecule has 1 atom stereocenters. The van der Waals surface area contributed by atoms with Crippen LogP contribution in [0, 0.1) is 0 Å². The van der Waals surface area contributed by atoms with Crippen molar-refractivity contribution in [2.75, 3.05) is 30.4 Å². The van der Waals surface area contributed by atoms with Crippen LogP contribution < -0.4 is 24.4 Å². The van der Waals surface area contributed by atoms with E-state index >= 15 is 0 Å². The van der Waals surface area contributed by atoms with Gasteiger partial charge in [0.1, 0.15) is 36.6 Å². The SMILES string of the molecule is CN1C[C@@H](COc2ccc(C(=O)Nc3cc(COc4ccccc4)cc(CC(=O)O)c3)cc2)Oc2ccccc21. The molecule has 0 unspecified atom stereocenters. The Kier molecular flexibility index (Phi) is 8.15. The van der Waals surface area contributed by atoms with E-state index in [0.29, 0.717) is 41.5 Å². The van der Waals surface area contributed by atoms with E-state index in [9.17, 15) is 14.7 Å². The molecule has 0 saturated carbocycles. The van der Waals surface area contributed by atoms with Gasteiger partial charge in [-0.1, -0.05) is 36.4 Å². The minimum Gasteiger partial charge on any atom is -0.490 e. The van der Waals surface area contributed by atoms with Crippen molar-refractivity contribution in [2.45, 2.75) is 19.1 Å². The second kappa shape index (κ2) is 12.3. The summed E-state index contributed by atoms with van der Waals surface area (Å²) in [5.74, 6) is 0.890. The van der Waals surface area contributed by atoms with Crippen LogP contribution >= 0.6 is 0 Å². The van der Waals surface area contributed by atoms with Crippen LogP contribution in [-0.4, -0.2) is 43.3 Å². The van der Waals surface area contributed by atoms with E-state index in [0.717, 1.165) is 17.0 Å². The van der Waals surface area contributed by atoms with Gasteiger partial charge >= 0.3 is 5.97 Å². The largest absolute Gasteiger partial charge is 0.490 e. The van der Waals surface area contributed by atoms with Crippen LogP contribution in [-0.2, 0) is 17.8 Å². The average Bonchev–Trinajstić information content (AvgIpc) is 2.95. The summed E-state index contributed by atoms with van der Waals surface area (Å²) in [5, 5.41) is 12.2. The van der Waals surface area contributed by atoms with Crippen molar-refractivity contribution in [3.05, 3.63) is 114 Å². The number of nitrogens with one attached hydrogen (secondary N) is 1. The zero-order valence-electron chi connectivity index (χ0n) is 22.1. The number of anilines is 2. The number of carboxylic acids is 1. The highest BCUT2D eigenvalue weighted by atomic mass is 16.5. The van der Waals surface area contributed by atoms with E-state index in [2.05, 4.69) is 10.2 Å².